The molecule has 0 bridgehead atoms. The number of carbonyl (C=O) groups excluding carboxylic acids is 1. The van der Waals surface area contributed by atoms with Gasteiger partial charge in [0.05, 0.1) is 16.6 Å². The van der Waals surface area contributed by atoms with Gasteiger partial charge in [0.1, 0.15) is 11.6 Å². The summed E-state index contributed by atoms with van der Waals surface area (Å²) in [5.41, 5.74) is 6.11. The summed E-state index contributed by atoms with van der Waals surface area (Å²) in [6.45, 7) is 3.06. The molecule has 31 heavy (non-hydrogen) atoms. The van der Waals surface area contributed by atoms with Gasteiger partial charge < -0.3 is 10.8 Å². The van der Waals surface area contributed by atoms with Gasteiger partial charge in [-0.1, -0.05) is 12.1 Å². The molecule has 0 saturated carbocycles. The number of amides is 1. The SMILES string of the molecule is Cc1c(C(N)=O)c(O)n(C)c(=O)c1/C=c1\c(C)c(C#N)c2nc3ccccc3n2c1=O. The standard InChI is InChI=1S/C22H17N5O4/c1-10-12(8-13-11(2)17(18(24)28)22(31)26(3)20(13)29)21(30)27-16-7-5-4-6-15(16)25-19(27)14(10)9-23/h4-8,31H,1-3H3,(H2,24,28)/b12-8+. The summed E-state index contributed by atoms with van der Waals surface area (Å²) >= 11 is 0. The van der Waals surface area contributed by atoms with Gasteiger partial charge in [0.25, 0.3) is 17.0 Å². The summed E-state index contributed by atoms with van der Waals surface area (Å²) in [4.78, 5) is 42.5. The Kier molecular flexibility index (Phi) is 4.36. The molecule has 0 atom stereocenters. The van der Waals surface area contributed by atoms with E-state index in [1.54, 1.807) is 31.2 Å². The van der Waals surface area contributed by atoms with Crippen molar-refractivity contribution in [1.29, 1.82) is 5.26 Å². The van der Waals surface area contributed by atoms with Crippen molar-refractivity contribution in [3.63, 3.8) is 0 Å². The lowest BCUT2D eigenvalue weighted by Gasteiger charge is -2.12. The van der Waals surface area contributed by atoms with Gasteiger partial charge in [-0.25, -0.2) is 4.98 Å². The molecule has 9 heteroatoms. The molecule has 0 aliphatic heterocycles. The molecule has 1 amide bonds. The van der Waals surface area contributed by atoms with Gasteiger partial charge in [-0.05, 0) is 43.2 Å². The molecule has 3 aromatic heterocycles. The Bertz CT molecular complexity index is 1650. The third kappa shape index (κ3) is 2.69. The van der Waals surface area contributed by atoms with Crippen LogP contribution in [-0.4, -0.2) is 25.0 Å². The quantitative estimate of drug-likeness (QED) is 0.485. The fourth-order valence-corrected chi connectivity index (χ4v) is 3.80. The van der Waals surface area contributed by atoms with E-state index < -0.39 is 22.9 Å². The number of imidazole rings is 1. The number of aromatic hydroxyl groups is 1. The fourth-order valence-electron chi connectivity index (χ4n) is 3.80. The second-order valence-electron chi connectivity index (χ2n) is 7.20. The third-order valence-corrected chi connectivity index (χ3v) is 5.50. The number of aromatic nitrogens is 3. The lowest BCUT2D eigenvalue weighted by atomic mass is 10.0. The van der Waals surface area contributed by atoms with Crippen LogP contribution in [0.5, 0.6) is 5.88 Å². The van der Waals surface area contributed by atoms with E-state index in [2.05, 4.69) is 11.1 Å². The molecule has 0 aliphatic carbocycles. The lowest BCUT2D eigenvalue weighted by molar-refractivity contribution is 0.0995. The second-order valence-corrected chi connectivity index (χ2v) is 7.20. The molecular weight excluding hydrogens is 398 g/mol. The van der Waals surface area contributed by atoms with Crippen molar-refractivity contribution in [3.8, 4) is 11.9 Å². The van der Waals surface area contributed by atoms with E-state index in [0.29, 0.717) is 16.6 Å². The first-order chi connectivity index (χ1) is 14.7. The Morgan fingerprint density at radius 2 is 1.87 bits per heavy atom. The van der Waals surface area contributed by atoms with Crippen molar-refractivity contribution in [3.05, 3.63) is 78.0 Å². The van der Waals surface area contributed by atoms with Crippen molar-refractivity contribution in [1.82, 2.24) is 14.0 Å². The maximum Gasteiger partial charge on any atom is 0.264 e. The predicted molar refractivity (Wildman–Crippen MR) is 114 cm³/mol. The van der Waals surface area contributed by atoms with Crippen LogP contribution in [0.4, 0.5) is 0 Å². The molecule has 4 aromatic rings. The maximum absolute atomic E-state index is 13.4. The van der Waals surface area contributed by atoms with Gasteiger partial charge in [0.15, 0.2) is 5.65 Å². The number of hydrogen-bond acceptors (Lipinski definition) is 6. The number of fused-ring (bicyclic) bond motifs is 3. The van der Waals surface area contributed by atoms with E-state index in [-0.39, 0.29) is 33.1 Å². The monoisotopic (exact) mass is 415 g/mol. The van der Waals surface area contributed by atoms with Crippen LogP contribution in [0.2, 0.25) is 0 Å². The van der Waals surface area contributed by atoms with Gasteiger partial charge in [-0.15, -0.1) is 0 Å². The average molecular weight is 415 g/mol. The van der Waals surface area contributed by atoms with Gasteiger partial charge in [-0.2, -0.15) is 5.26 Å². The van der Waals surface area contributed by atoms with Crippen LogP contribution in [-0.2, 0) is 7.05 Å². The van der Waals surface area contributed by atoms with Crippen LogP contribution in [0.3, 0.4) is 0 Å². The highest BCUT2D eigenvalue weighted by molar-refractivity contribution is 5.97. The average Bonchev–Trinajstić information content (AvgIpc) is 3.11. The molecular formula is C22H17N5O4. The number of nitrogens with two attached hydrogens (primary N) is 1. The first-order valence-electron chi connectivity index (χ1n) is 9.27. The van der Waals surface area contributed by atoms with Crippen molar-refractivity contribution in [2.24, 2.45) is 12.8 Å². The van der Waals surface area contributed by atoms with E-state index in [1.165, 1.54) is 24.4 Å². The molecule has 4 rings (SSSR count). The van der Waals surface area contributed by atoms with Gasteiger partial charge in [-0.3, -0.25) is 23.4 Å². The van der Waals surface area contributed by atoms with Crippen molar-refractivity contribution < 1.29 is 9.90 Å². The second kappa shape index (κ2) is 6.81. The molecule has 154 valence electrons. The number of carbonyl (C=O) groups is 1. The number of benzene rings is 1. The number of primary amides is 1. The van der Waals surface area contributed by atoms with Crippen LogP contribution in [0.1, 0.15) is 32.6 Å². The molecule has 1 aromatic carbocycles. The smallest absolute Gasteiger partial charge is 0.264 e. The minimum absolute atomic E-state index is 0.0157. The molecule has 0 aliphatic rings. The zero-order valence-electron chi connectivity index (χ0n) is 16.9. The lowest BCUT2D eigenvalue weighted by Crippen LogP contribution is -2.35. The van der Waals surface area contributed by atoms with E-state index in [4.69, 9.17) is 5.73 Å². The van der Waals surface area contributed by atoms with Crippen molar-refractivity contribution >= 4 is 28.7 Å². The first kappa shape index (κ1) is 19.8. The molecule has 0 spiro atoms. The molecule has 3 heterocycles. The van der Waals surface area contributed by atoms with E-state index in [0.717, 1.165) is 4.57 Å². The zero-order valence-corrected chi connectivity index (χ0v) is 16.9. The summed E-state index contributed by atoms with van der Waals surface area (Å²) in [5.74, 6) is -1.46. The Morgan fingerprint density at radius 1 is 1.19 bits per heavy atom. The van der Waals surface area contributed by atoms with E-state index in [1.807, 2.05) is 0 Å². The van der Waals surface area contributed by atoms with Crippen LogP contribution < -0.4 is 22.1 Å². The van der Waals surface area contributed by atoms with E-state index >= 15 is 0 Å². The van der Waals surface area contributed by atoms with Gasteiger partial charge >= 0.3 is 0 Å². The molecule has 0 saturated heterocycles. The highest BCUT2D eigenvalue weighted by Gasteiger charge is 2.21. The minimum Gasteiger partial charge on any atom is -0.494 e. The summed E-state index contributed by atoms with van der Waals surface area (Å²) in [7, 11) is 1.29. The minimum atomic E-state index is -0.909. The van der Waals surface area contributed by atoms with Gasteiger partial charge in [0.2, 0.25) is 5.88 Å². The molecule has 0 unspecified atom stereocenters. The van der Waals surface area contributed by atoms with Crippen LogP contribution in [0, 0.1) is 25.2 Å². The fraction of sp³-hybridized carbons (Fsp3) is 0.136. The Hall–Kier alpha value is -4.45. The summed E-state index contributed by atoms with van der Waals surface area (Å²) in [5, 5.41) is 20.0. The topological polar surface area (TPSA) is 143 Å². The predicted octanol–water partition coefficient (Wildman–Crippen LogP) is 0.387. The van der Waals surface area contributed by atoms with Crippen molar-refractivity contribution in [2.45, 2.75) is 13.8 Å². The Labute approximate surface area is 174 Å². The number of pyridine rings is 2. The van der Waals surface area contributed by atoms with Crippen LogP contribution in [0.15, 0.2) is 33.9 Å². The first-order valence-corrected chi connectivity index (χ1v) is 9.27. The molecule has 0 fully saturated rings. The third-order valence-electron chi connectivity index (χ3n) is 5.50. The van der Waals surface area contributed by atoms with Crippen LogP contribution in [0.25, 0.3) is 22.8 Å². The number of nitrogens with zero attached hydrogens (tertiary/aromatic N) is 4. The van der Waals surface area contributed by atoms with Crippen molar-refractivity contribution in [2.75, 3.05) is 0 Å². The maximum atomic E-state index is 13.4. The van der Waals surface area contributed by atoms with Gasteiger partial charge in [0, 0.05) is 17.8 Å². The summed E-state index contributed by atoms with van der Waals surface area (Å²) in [6, 6.07) is 9.08. The summed E-state index contributed by atoms with van der Waals surface area (Å²) < 4.78 is 2.22. The largest absolute Gasteiger partial charge is 0.494 e. The van der Waals surface area contributed by atoms with Crippen LogP contribution >= 0.6 is 0 Å². The Balaban J connectivity index is 2.25. The molecule has 9 nitrogen and oxygen atoms in total. The highest BCUT2D eigenvalue weighted by atomic mass is 16.3. The normalized spacial score (nSPS) is 11.9. The van der Waals surface area contributed by atoms with E-state index in [9.17, 15) is 24.8 Å². The summed E-state index contributed by atoms with van der Waals surface area (Å²) in [6.07, 6.45) is 1.33. The number of hydrogen-bond donors (Lipinski definition) is 2. The Morgan fingerprint density at radius 3 is 2.52 bits per heavy atom. The number of rotatable bonds is 2. The highest BCUT2D eigenvalue weighted by Crippen LogP contribution is 2.21. The molecule has 0 radical (unpaired) electrons. The molecule has 3 N–H and O–H groups in total. The number of para-hydroxylation sites is 2. The number of nitriles is 1. The zero-order chi connectivity index (χ0) is 22.6.